The fourth-order valence-corrected chi connectivity index (χ4v) is 4.14. The molecule has 1 amide bonds. The number of aromatic carboxylic acids is 1. The van der Waals surface area contributed by atoms with Crippen LogP contribution in [0.1, 0.15) is 26.3 Å². The number of aryl methyl sites for hydroxylation is 1. The minimum Gasteiger partial charge on any atom is -0.545 e. The predicted octanol–water partition coefficient (Wildman–Crippen LogP) is 2.42. The Balaban J connectivity index is 1.76. The third kappa shape index (κ3) is 5.20. The number of rotatable bonds is 7. The second-order valence-electron chi connectivity index (χ2n) is 6.63. The van der Waals surface area contributed by atoms with Crippen LogP contribution in [0.2, 0.25) is 0 Å². The SMILES string of the molecule is COc1ccc(NS(=O)(=O)c2ccc(C(=O)Nc3ccc(C(=O)[O-])cc3)cc2C)cc1. The van der Waals surface area contributed by atoms with Gasteiger partial charge >= 0.3 is 0 Å². The van der Waals surface area contributed by atoms with Crippen molar-refractivity contribution >= 4 is 33.3 Å². The van der Waals surface area contributed by atoms with Gasteiger partial charge in [0.2, 0.25) is 0 Å². The molecule has 31 heavy (non-hydrogen) atoms. The molecule has 3 aromatic carbocycles. The number of hydrogen-bond donors (Lipinski definition) is 2. The molecule has 3 aromatic rings. The summed E-state index contributed by atoms with van der Waals surface area (Å²) in [5.41, 5.74) is 1.41. The minimum absolute atomic E-state index is 0.00670. The number of amides is 1. The predicted molar refractivity (Wildman–Crippen MR) is 114 cm³/mol. The molecule has 2 N–H and O–H groups in total. The van der Waals surface area contributed by atoms with E-state index in [1.165, 1.54) is 49.6 Å². The van der Waals surface area contributed by atoms with Crippen LogP contribution >= 0.6 is 0 Å². The average Bonchev–Trinajstić information content (AvgIpc) is 2.74. The third-order valence-electron chi connectivity index (χ3n) is 4.45. The highest BCUT2D eigenvalue weighted by Gasteiger charge is 2.19. The monoisotopic (exact) mass is 439 g/mol. The second-order valence-corrected chi connectivity index (χ2v) is 8.28. The van der Waals surface area contributed by atoms with Gasteiger partial charge in [-0.2, -0.15) is 0 Å². The molecule has 0 saturated heterocycles. The van der Waals surface area contributed by atoms with Crippen LogP contribution in [0.4, 0.5) is 11.4 Å². The van der Waals surface area contributed by atoms with Gasteiger partial charge in [-0.3, -0.25) is 9.52 Å². The van der Waals surface area contributed by atoms with Gasteiger partial charge in [0, 0.05) is 16.9 Å². The van der Waals surface area contributed by atoms with Crippen LogP contribution in [0.3, 0.4) is 0 Å². The lowest BCUT2D eigenvalue weighted by atomic mass is 10.1. The lowest BCUT2D eigenvalue weighted by molar-refractivity contribution is -0.255. The number of hydrogen-bond acceptors (Lipinski definition) is 6. The van der Waals surface area contributed by atoms with Gasteiger partial charge < -0.3 is 20.0 Å². The Morgan fingerprint density at radius 1 is 0.871 bits per heavy atom. The number of carboxylic acid groups (broad SMARTS) is 1. The van der Waals surface area contributed by atoms with E-state index < -0.39 is 21.9 Å². The highest BCUT2D eigenvalue weighted by Crippen LogP contribution is 2.23. The first kappa shape index (κ1) is 21.8. The molecule has 0 atom stereocenters. The Hall–Kier alpha value is -3.85. The molecule has 3 rings (SSSR count). The first-order chi connectivity index (χ1) is 14.7. The Morgan fingerprint density at radius 3 is 2.00 bits per heavy atom. The van der Waals surface area contributed by atoms with Crippen LogP contribution in [-0.4, -0.2) is 27.4 Å². The topological polar surface area (TPSA) is 125 Å². The molecule has 0 aliphatic carbocycles. The van der Waals surface area contributed by atoms with Crippen molar-refractivity contribution in [2.24, 2.45) is 0 Å². The van der Waals surface area contributed by atoms with Gasteiger partial charge in [0.15, 0.2) is 0 Å². The first-order valence-corrected chi connectivity index (χ1v) is 10.6. The molecule has 9 heteroatoms. The summed E-state index contributed by atoms with van der Waals surface area (Å²) in [5.74, 6) is -1.17. The van der Waals surface area contributed by atoms with Crippen molar-refractivity contribution < 1.29 is 27.9 Å². The Morgan fingerprint density at radius 2 is 1.45 bits per heavy atom. The van der Waals surface area contributed by atoms with Crippen molar-refractivity contribution in [3.05, 3.63) is 83.4 Å². The number of carbonyl (C=O) groups is 2. The van der Waals surface area contributed by atoms with Crippen LogP contribution in [-0.2, 0) is 10.0 Å². The normalized spacial score (nSPS) is 10.9. The van der Waals surface area contributed by atoms with Crippen molar-refractivity contribution in [3.63, 3.8) is 0 Å². The number of nitrogens with one attached hydrogen (secondary N) is 2. The maximum atomic E-state index is 12.7. The van der Waals surface area contributed by atoms with Gasteiger partial charge in [-0.05, 0) is 72.6 Å². The Kier molecular flexibility index (Phi) is 6.26. The molecular weight excluding hydrogens is 420 g/mol. The number of methoxy groups -OCH3 is 1. The van der Waals surface area contributed by atoms with Crippen molar-refractivity contribution in [1.29, 1.82) is 0 Å². The summed E-state index contributed by atoms with van der Waals surface area (Å²) in [6, 6.07) is 16.2. The van der Waals surface area contributed by atoms with Crippen LogP contribution in [0.5, 0.6) is 5.75 Å². The fourth-order valence-electron chi connectivity index (χ4n) is 2.85. The van der Waals surface area contributed by atoms with E-state index in [4.69, 9.17) is 4.74 Å². The van der Waals surface area contributed by atoms with Gasteiger partial charge in [0.25, 0.3) is 15.9 Å². The number of benzene rings is 3. The van der Waals surface area contributed by atoms with E-state index in [0.717, 1.165) is 0 Å². The molecule has 0 aromatic heterocycles. The van der Waals surface area contributed by atoms with Crippen molar-refractivity contribution in [2.75, 3.05) is 17.1 Å². The van der Waals surface area contributed by atoms with Crippen LogP contribution in [0.25, 0.3) is 0 Å². The highest BCUT2D eigenvalue weighted by atomic mass is 32.2. The zero-order chi connectivity index (χ0) is 22.6. The van der Waals surface area contributed by atoms with Crippen molar-refractivity contribution in [1.82, 2.24) is 0 Å². The summed E-state index contributed by atoms with van der Waals surface area (Å²) in [4.78, 5) is 23.3. The number of ether oxygens (including phenoxy) is 1. The summed E-state index contributed by atoms with van der Waals surface area (Å²) in [6.07, 6.45) is 0. The van der Waals surface area contributed by atoms with E-state index in [1.54, 1.807) is 31.2 Å². The molecule has 0 saturated carbocycles. The van der Waals surface area contributed by atoms with Gasteiger partial charge in [-0.15, -0.1) is 0 Å². The van der Waals surface area contributed by atoms with Crippen LogP contribution < -0.4 is 19.9 Å². The number of anilines is 2. The molecule has 0 fully saturated rings. The maximum absolute atomic E-state index is 12.7. The summed E-state index contributed by atoms with van der Waals surface area (Å²) >= 11 is 0. The largest absolute Gasteiger partial charge is 0.545 e. The van der Waals surface area contributed by atoms with Gasteiger partial charge in [0.05, 0.1) is 18.0 Å². The maximum Gasteiger partial charge on any atom is 0.262 e. The summed E-state index contributed by atoms with van der Waals surface area (Å²) in [5, 5.41) is 13.4. The molecule has 160 valence electrons. The fraction of sp³-hybridized carbons (Fsp3) is 0.0909. The van der Waals surface area contributed by atoms with E-state index in [9.17, 15) is 23.1 Å². The molecule has 0 aliphatic rings. The second kappa shape index (κ2) is 8.88. The van der Waals surface area contributed by atoms with E-state index in [2.05, 4.69) is 10.0 Å². The highest BCUT2D eigenvalue weighted by molar-refractivity contribution is 7.92. The number of carbonyl (C=O) groups excluding carboxylic acids is 2. The smallest absolute Gasteiger partial charge is 0.262 e. The van der Waals surface area contributed by atoms with E-state index in [1.807, 2.05) is 0 Å². The summed E-state index contributed by atoms with van der Waals surface area (Å²) in [7, 11) is -2.35. The van der Waals surface area contributed by atoms with E-state index >= 15 is 0 Å². The van der Waals surface area contributed by atoms with Crippen molar-refractivity contribution in [3.8, 4) is 5.75 Å². The van der Waals surface area contributed by atoms with Gasteiger partial charge in [-0.1, -0.05) is 12.1 Å². The van der Waals surface area contributed by atoms with Crippen LogP contribution in [0, 0.1) is 6.92 Å². The zero-order valence-corrected chi connectivity index (χ0v) is 17.5. The molecule has 0 heterocycles. The van der Waals surface area contributed by atoms with Gasteiger partial charge in [-0.25, -0.2) is 8.42 Å². The number of sulfonamides is 1. The standard InChI is InChI=1S/C22H20N2O6S/c1-14-13-16(21(25)23-17-6-3-15(4-7-17)22(26)27)5-12-20(14)31(28,29)24-18-8-10-19(30-2)11-9-18/h3-13,24H,1-2H3,(H,23,25)(H,26,27)/p-1. The molecule has 0 spiro atoms. The molecule has 0 radical (unpaired) electrons. The average molecular weight is 439 g/mol. The summed E-state index contributed by atoms with van der Waals surface area (Å²) < 4.78 is 33.0. The van der Waals surface area contributed by atoms with Crippen LogP contribution in [0.15, 0.2) is 71.6 Å². The molecular formula is C22H19N2O6S-. The van der Waals surface area contributed by atoms with E-state index in [-0.39, 0.29) is 16.0 Å². The molecule has 8 nitrogen and oxygen atoms in total. The number of carboxylic acids is 1. The molecule has 0 bridgehead atoms. The summed E-state index contributed by atoms with van der Waals surface area (Å²) in [6.45, 7) is 1.59. The molecule has 0 unspecified atom stereocenters. The van der Waals surface area contributed by atoms with Crippen molar-refractivity contribution in [2.45, 2.75) is 11.8 Å². The third-order valence-corrected chi connectivity index (χ3v) is 5.99. The lowest BCUT2D eigenvalue weighted by Crippen LogP contribution is -2.22. The zero-order valence-electron chi connectivity index (χ0n) is 16.7. The quantitative estimate of drug-likeness (QED) is 0.583. The minimum atomic E-state index is -3.86. The van der Waals surface area contributed by atoms with E-state index in [0.29, 0.717) is 22.7 Å². The lowest BCUT2D eigenvalue weighted by Gasteiger charge is -2.12. The first-order valence-electron chi connectivity index (χ1n) is 9.10. The van der Waals surface area contributed by atoms with Gasteiger partial charge in [0.1, 0.15) is 5.75 Å². The Labute approximate surface area is 179 Å². The molecule has 0 aliphatic heterocycles. The Bertz CT molecular complexity index is 1220.